The summed E-state index contributed by atoms with van der Waals surface area (Å²) in [6, 6.07) is 170. The molecule has 4 heterocycles. The number of hydrogen-bond acceptors (Lipinski definition) is 4. The Hall–Kier alpha value is -16.0. The zero-order valence-electron chi connectivity index (χ0n) is 73.5. The van der Waals surface area contributed by atoms with Crippen molar-refractivity contribution in [3.05, 3.63) is 483 Å². The van der Waals surface area contributed by atoms with Crippen LogP contribution in [-0.2, 0) is 10.8 Å². The molecule has 0 bridgehead atoms. The van der Waals surface area contributed by atoms with Crippen LogP contribution in [0.15, 0.2) is 461 Å². The molecule has 624 valence electrons. The highest BCUT2D eigenvalue weighted by atomic mass is 32.1. The van der Waals surface area contributed by atoms with E-state index in [4.69, 9.17) is 0 Å². The Balaban J connectivity index is 0.000000142. The molecular formula is C126H88N4S2. The van der Waals surface area contributed by atoms with Gasteiger partial charge >= 0.3 is 0 Å². The van der Waals surface area contributed by atoms with Crippen molar-refractivity contribution in [1.82, 2.24) is 9.13 Å². The molecule has 0 fully saturated rings. The van der Waals surface area contributed by atoms with Crippen molar-refractivity contribution in [2.45, 2.75) is 38.5 Å². The van der Waals surface area contributed by atoms with Crippen LogP contribution in [0.2, 0.25) is 0 Å². The molecule has 132 heavy (non-hydrogen) atoms. The van der Waals surface area contributed by atoms with E-state index in [0.717, 1.165) is 45.5 Å². The molecule has 6 heteroatoms. The fourth-order valence-corrected chi connectivity index (χ4v) is 23.7. The van der Waals surface area contributed by atoms with Crippen LogP contribution < -0.4 is 9.80 Å². The van der Waals surface area contributed by atoms with Gasteiger partial charge in [-0.05, 0) is 269 Å². The van der Waals surface area contributed by atoms with Crippen LogP contribution in [0.5, 0.6) is 0 Å². The largest absolute Gasteiger partial charge is 0.310 e. The van der Waals surface area contributed by atoms with E-state index in [9.17, 15) is 0 Å². The van der Waals surface area contributed by atoms with Gasteiger partial charge in [0.05, 0.1) is 22.1 Å². The molecular weight excluding hydrogens is 1630 g/mol. The first kappa shape index (κ1) is 78.3. The highest BCUT2D eigenvalue weighted by molar-refractivity contribution is 7.26. The van der Waals surface area contributed by atoms with E-state index in [1.54, 1.807) is 0 Å². The van der Waals surface area contributed by atoms with Crippen LogP contribution in [0, 0.1) is 0 Å². The van der Waals surface area contributed by atoms with Gasteiger partial charge in [0.25, 0.3) is 0 Å². The van der Waals surface area contributed by atoms with Crippen molar-refractivity contribution in [3.8, 4) is 100 Å². The fourth-order valence-electron chi connectivity index (χ4n) is 21.4. The van der Waals surface area contributed by atoms with E-state index in [1.807, 2.05) is 22.7 Å². The summed E-state index contributed by atoms with van der Waals surface area (Å²) in [5.74, 6) is 0. The van der Waals surface area contributed by atoms with Gasteiger partial charge in [0, 0.05) is 118 Å². The summed E-state index contributed by atoms with van der Waals surface area (Å²) in [7, 11) is 0. The Morgan fingerprint density at radius 2 is 0.485 bits per heavy atom. The van der Waals surface area contributed by atoms with Crippen LogP contribution in [0.3, 0.4) is 0 Å². The van der Waals surface area contributed by atoms with Gasteiger partial charge in [0.1, 0.15) is 0 Å². The van der Waals surface area contributed by atoms with Gasteiger partial charge in [-0.2, -0.15) is 0 Å². The Bertz CT molecular complexity index is 8640. The maximum absolute atomic E-state index is 2.42. The summed E-state index contributed by atoms with van der Waals surface area (Å²) in [5.41, 5.74) is 39.0. The third-order valence-electron chi connectivity index (χ3n) is 28.1. The highest BCUT2D eigenvalue weighted by Crippen LogP contribution is 2.54. The van der Waals surface area contributed by atoms with E-state index >= 15 is 0 Å². The Labute approximate surface area is 776 Å². The molecule has 0 saturated carbocycles. The Morgan fingerprint density at radius 1 is 0.182 bits per heavy atom. The number of benzene rings is 20. The molecule has 0 N–H and O–H groups in total. The quantitative estimate of drug-likeness (QED) is 0.108. The second-order valence-electron chi connectivity index (χ2n) is 36.2. The molecule has 0 radical (unpaired) electrons. The monoisotopic (exact) mass is 1720 g/mol. The lowest BCUT2D eigenvalue weighted by Crippen LogP contribution is -2.16. The molecule has 2 aliphatic rings. The van der Waals surface area contributed by atoms with E-state index < -0.39 is 0 Å². The smallest absolute Gasteiger partial charge is 0.0541 e. The fraction of sp³-hybridized carbons (Fsp3) is 0.0476. The Morgan fingerprint density at radius 3 is 0.947 bits per heavy atom. The number of thiophene rings is 2. The maximum atomic E-state index is 2.42. The first-order valence-electron chi connectivity index (χ1n) is 45.6. The molecule has 0 saturated heterocycles. The molecule has 4 nitrogen and oxygen atoms in total. The van der Waals surface area contributed by atoms with Gasteiger partial charge in [0.15, 0.2) is 0 Å². The summed E-state index contributed by atoms with van der Waals surface area (Å²) in [5, 5.41) is 10.3. The minimum absolute atomic E-state index is 0.112. The molecule has 2 aliphatic carbocycles. The van der Waals surface area contributed by atoms with Crippen LogP contribution in [0.25, 0.3) is 184 Å². The van der Waals surface area contributed by atoms with E-state index in [0.29, 0.717) is 0 Å². The van der Waals surface area contributed by atoms with Crippen molar-refractivity contribution < 1.29 is 0 Å². The van der Waals surface area contributed by atoms with E-state index in [1.165, 1.54) is 195 Å². The zero-order valence-corrected chi connectivity index (χ0v) is 75.1. The van der Waals surface area contributed by atoms with Gasteiger partial charge in [-0.1, -0.05) is 331 Å². The van der Waals surface area contributed by atoms with Gasteiger partial charge in [-0.15, -0.1) is 22.7 Å². The second kappa shape index (κ2) is 31.5. The molecule has 0 amide bonds. The zero-order chi connectivity index (χ0) is 87.9. The van der Waals surface area contributed by atoms with Crippen molar-refractivity contribution in [3.63, 3.8) is 0 Å². The molecule has 24 aromatic rings. The van der Waals surface area contributed by atoms with Gasteiger partial charge in [-0.25, -0.2) is 0 Å². The lowest BCUT2D eigenvalue weighted by atomic mass is 9.82. The molecule has 0 spiro atoms. The lowest BCUT2D eigenvalue weighted by molar-refractivity contribution is 0.660. The number of rotatable bonds is 14. The summed E-state index contributed by atoms with van der Waals surface area (Å²) >= 11 is 3.75. The average molecular weight is 1720 g/mol. The van der Waals surface area contributed by atoms with Crippen molar-refractivity contribution in [1.29, 1.82) is 0 Å². The van der Waals surface area contributed by atoms with Crippen molar-refractivity contribution in [2.24, 2.45) is 0 Å². The molecule has 0 aliphatic heterocycles. The van der Waals surface area contributed by atoms with Crippen LogP contribution in [0.4, 0.5) is 34.1 Å². The summed E-state index contributed by atoms with van der Waals surface area (Å²) in [6.45, 7) is 9.44. The van der Waals surface area contributed by atoms with Gasteiger partial charge < -0.3 is 18.9 Å². The van der Waals surface area contributed by atoms with E-state index in [-0.39, 0.29) is 10.8 Å². The predicted octanol–water partition coefficient (Wildman–Crippen LogP) is 35.9. The normalized spacial score (nSPS) is 12.8. The van der Waals surface area contributed by atoms with Crippen molar-refractivity contribution in [2.75, 3.05) is 9.80 Å². The van der Waals surface area contributed by atoms with Crippen LogP contribution in [-0.4, -0.2) is 9.13 Å². The number of para-hydroxylation sites is 2. The van der Waals surface area contributed by atoms with Gasteiger partial charge in [0.2, 0.25) is 0 Å². The number of fused-ring (bicyclic) bond motifs is 18. The molecule has 20 aromatic carbocycles. The predicted molar refractivity (Wildman–Crippen MR) is 564 cm³/mol. The molecule has 0 atom stereocenters. The van der Waals surface area contributed by atoms with Crippen LogP contribution >= 0.6 is 22.7 Å². The Kier molecular flexibility index (Phi) is 18.7. The first-order chi connectivity index (χ1) is 64.9. The second-order valence-corrected chi connectivity index (χ2v) is 38.4. The molecule has 4 aromatic heterocycles. The topological polar surface area (TPSA) is 16.3 Å². The number of nitrogens with zero attached hydrogens (tertiary/aromatic N) is 4. The lowest BCUT2D eigenvalue weighted by Gasteiger charge is -2.28. The standard InChI is InChI=1S/2C63H44N2S/c1-63(2)57-20-9-6-15-51(57)52-37-36-49(40-58(52)63)64(47-34-27-44(28-35-47)50-18-12-19-55-54-17-8-11-22-61(54)66-62(50)55)46-30-25-43(26-31-46)45-29-38-60-56(39-45)53-16-7-10-21-59(53)65(60)48-32-23-42(24-33-48)41-13-4-3-5-14-41;1-63(2)57-17-9-6-14-51(57)52-35-34-50(40-58(52)63)64(48-30-24-44(25-31-48)46-27-37-62-56(39-46)54-16-8-11-19-61(54)66-62)47-28-22-43(23-29-47)45-26-36-60-55(38-45)53-15-7-10-18-59(53)65(60)49-32-20-42(21-33-49)41-12-4-3-5-13-41/h2*3-40H,1-2H3. The minimum Gasteiger partial charge on any atom is -0.310 e. The highest BCUT2D eigenvalue weighted by Gasteiger charge is 2.38. The summed E-state index contributed by atoms with van der Waals surface area (Å²) in [6.07, 6.45) is 0. The van der Waals surface area contributed by atoms with Crippen molar-refractivity contribution >= 4 is 141 Å². The third-order valence-corrected chi connectivity index (χ3v) is 30.4. The number of hydrogen-bond donors (Lipinski definition) is 0. The van der Waals surface area contributed by atoms with Gasteiger partial charge in [-0.3, -0.25) is 0 Å². The summed E-state index contributed by atoms with van der Waals surface area (Å²) < 4.78 is 10.1. The minimum atomic E-state index is -0.113. The SMILES string of the molecule is CC1(C)c2ccccc2-c2ccc(N(c3ccc(-c4ccc5c(c4)c4ccccc4n5-c4ccc(-c5ccccc5)cc4)cc3)c3ccc(-c4cccc5c4sc4ccccc45)cc3)cc21.CC1(C)c2ccccc2-c2ccc(N(c3ccc(-c4ccc5sc6ccccc6c5c4)cc3)c3ccc(-c4ccc5c(c4)c4ccccc4n5-c4ccc(-c5ccccc5)cc4)cc3)cc21. The maximum Gasteiger partial charge on any atom is 0.0541 e. The molecule has 0 unspecified atom stereocenters. The van der Waals surface area contributed by atoms with E-state index in [2.05, 4.69) is 508 Å². The first-order valence-corrected chi connectivity index (χ1v) is 47.3. The van der Waals surface area contributed by atoms with Crippen LogP contribution in [0.1, 0.15) is 49.9 Å². The number of anilines is 6. The average Bonchev–Trinajstić information content (AvgIpc) is 1.57. The third kappa shape index (κ3) is 13.1. The summed E-state index contributed by atoms with van der Waals surface area (Å²) in [4.78, 5) is 4.84. The number of aromatic nitrogens is 2. The molecule has 26 rings (SSSR count).